The number of nitrogens with zero attached hydrogens (tertiary/aromatic N) is 1. The number of hydrogen-bond acceptors (Lipinski definition) is 3. The molecule has 0 spiro atoms. The van der Waals surface area contributed by atoms with Gasteiger partial charge in [0, 0.05) is 25.6 Å². The molecule has 0 bridgehead atoms. The molecule has 1 aliphatic rings. The normalized spacial score (nSPS) is 21.2. The Hall–Kier alpha value is -1.10. The number of amides is 2. The van der Waals surface area contributed by atoms with Crippen LogP contribution in [0.1, 0.15) is 40.0 Å². The summed E-state index contributed by atoms with van der Waals surface area (Å²) < 4.78 is 0. The van der Waals surface area contributed by atoms with E-state index in [2.05, 4.69) is 5.32 Å². The summed E-state index contributed by atoms with van der Waals surface area (Å²) in [5, 5.41) is 2.94. The molecule has 3 N–H and O–H groups in total. The molecule has 0 aromatic carbocycles. The van der Waals surface area contributed by atoms with E-state index in [1.54, 1.807) is 4.90 Å². The minimum Gasteiger partial charge on any atom is -0.350 e. The fourth-order valence-corrected chi connectivity index (χ4v) is 2.25. The molecule has 1 heterocycles. The molecule has 0 aliphatic carbocycles. The van der Waals surface area contributed by atoms with Crippen LogP contribution in [0.25, 0.3) is 0 Å². The molecule has 2 amide bonds. The minimum atomic E-state index is -0.444. The first-order valence-corrected chi connectivity index (χ1v) is 6.77. The van der Waals surface area contributed by atoms with Crippen LogP contribution < -0.4 is 11.1 Å². The Kier molecular flexibility index (Phi) is 5.59. The molecule has 2 atom stereocenters. The highest BCUT2D eigenvalue weighted by molar-refractivity contribution is 5.82. The maximum atomic E-state index is 11.8. The van der Waals surface area contributed by atoms with Gasteiger partial charge in [-0.2, -0.15) is 0 Å². The topological polar surface area (TPSA) is 75.4 Å². The van der Waals surface area contributed by atoms with Crippen LogP contribution >= 0.6 is 0 Å². The third-order valence-corrected chi connectivity index (χ3v) is 3.25. The Morgan fingerprint density at radius 3 is 2.67 bits per heavy atom. The lowest BCUT2D eigenvalue weighted by molar-refractivity contribution is -0.130. The van der Waals surface area contributed by atoms with Gasteiger partial charge in [0.2, 0.25) is 11.8 Å². The molecule has 104 valence electrons. The molecule has 0 aromatic heterocycles. The second-order valence-electron chi connectivity index (χ2n) is 5.42. The van der Waals surface area contributed by atoms with Gasteiger partial charge in [-0.25, -0.2) is 0 Å². The summed E-state index contributed by atoms with van der Waals surface area (Å²) in [6.45, 7) is 7.30. The van der Waals surface area contributed by atoms with Gasteiger partial charge in [-0.1, -0.05) is 20.8 Å². The quantitative estimate of drug-likeness (QED) is 0.750. The first-order valence-electron chi connectivity index (χ1n) is 6.77. The molecule has 1 saturated heterocycles. The largest absolute Gasteiger partial charge is 0.350 e. The standard InChI is InChI=1S/C13H25N3O2/c1-4-12(17)16-6-5-10(8-16)15-13(18)11(14)7-9(2)3/h9-11H,4-8,14H2,1-3H3,(H,15,18)/t10?,11-/m0/s1. The Labute approximate surface area is 109 Å². The van der Waals surface area contributed by atoms with Gasteiger partial charge in [-0.05, 0) is 18.8 Å². The highest BCUT2D eigenvalue weighted by atomic mass is 16.2. The van der Waals surface area contributed by atoms with Crippen LogP contribution in [-0.2, 0) is 9.59 Å². The number of nitrogens with one attached hydrogen (secondary N) is 1. The molecule has 0 radical (unpaired) electrons. The molecule has 5 nitrogen and oxygen atoms in total. The van der Waals surface area contributed by atoms with Crippen molar-refractivity contribution in [3.8, 4) is 0 Å². The second kappa shape index (κ2) is 6.73. The van der Waals surface area contributed by atoms with Crippen LogP contribution in [0.5, 0.6) is 0 Å². The molecule has 0 aromatic rings. The van der Waals surface area contributed by atoms with Gasteiger partial charge in [0.15, 0.2) is 0 Å². The lowest BCUT2D eigenvalue weighted by atomic mass is 10.0. The fraction of sp³-hybridized carbons (Fsp3) is 0.846. The van der Waals surface area contributed by atoms with Crippen molar-refractivity contribution in [2.75, 3.05) is 13.1 Å². The summed E-state index contributed by atoms with van der Waals surface area (Å²) in [7, 11) is 0. The van der Waals surface area contributed by atoms with Crippen molar-refractivity contribution in [2.45, 2.75) is 52.1 Å². The first-order chi connectivity index (χ1) is 8.43. The monoisotopic (exact) mass is 255 g/mol. The minimum absolute atomic E-state index is 0.0613. The number of carbonyl (C=O) groups is 2. The van der Waals surface area contributed by atoms with Crippen LogP contribution in [0.15, 0.2) is 0 Å². The molecule has 1 rings (SSSR count). The van der Waals surface area contributed by atoms with Gasteiger partial charge in [0.25, 0.3) is 0 Å². The number of likely N-dealkylation sites (tertiary alicyclic amines) is 1. The van der Waals surface area contributed by atoms with Crippen LogP contribution in [-0.4, -0.2) is 41.9 Å². The SMILES string of the molecule is CCC(=O)N1CCC(NC(=O)[C@@H](N)CC(C)C)C1. The number of carbonyl (C=O) groups excluding carboxylic acids is 2. The van der Waals surface area contributed by atoms with E-state index in [0.29, 0.717) is 25.3 Å². The molecule has 1 aliphatic heterocycles. The Balaban J connectivity index is 2.36. The van der Waals surface area contributed by atoms with E-state index in [9.17, 15) is 9.59 Å². The van der Waals surface area contributed by atoms with Gasteiger partial charge >= 0.3 is 0 Å². The van der Waals surface area contributed by atoms with E-state index in [1.165, 1.54) is 0 Å². The van der Waals surface area contributed by atoms with Crippen LogP contribution in [0.2, 0.25) is 0 Å². The smallest absolute Gasteiger partial charge is 0.237 e. The molecule has 5 heteroatoms. The molecule has 1 unspecified atom stereocenters. The lowest BCUT2D eigenvalue weighted by Crippen LogP contribution is -2.47. The van der Waals surface area contributed by atoms with Crippen molar-refractivity contribution in [3.63, 3.8) is 0 Å². The van der Waals surface area contributed by atoms with E-state index in [-0.39, 0.29) is 17.9 Å². The predicted octanol–water partition coefficient (Wildman–Crippen LogP) is 0.487. The summed E-state index contributed by atoms with van der Waals surface area (Å²) >= 11 is 0. The van der Waals surface area contributed by atoms with Crippen molar-refractivity contribution in [3.05, 3.63) is 0 Å². The molecule has 0 saturated carbocycles. The summed E-state index contributed by atoms with van der Waals surface area (Å²) in [5.74, 6) is 0.463. The summed E-state index contributed by atoms with van der Waals surface area (Å²) in [6.07, 6.45) is 2.04. The molecule has 1 fully saturated rings. The zero-order valence-electron chi connectivity index (χ0n) is 11.6. The zero-order chi connectivity index (χ0) is 13.7. The second-order valence-corrected chi connectivity index (χ2v) is 5.42. The van der Waals surface area contributed by atoms with Crippen LogP contribution in [0, 0.1) is 5.92 Å². The Morgan fingerprint density at radius 1 is 1.44 bits per heavy atom. The van der Waals surface area contributed by atoms with E-state index < -0.39 is 6.04 Å². The van der Waals surface area contributed by atoms with E-state index in [0.717, 1.165) is 13.0 Å². The van der Waals surface area contributed by atoms with Gasteiger partial charge in [0.05, 0.1) is 6.04 Å². The summed E-state index contributed by atoms with van der Waals surface area (Å²) in [5.41, 5.74) is 5.82. The van der Waals surface area contributed by atoms with Gasteiger partial charge < -0.3 is 16.0 Å². The molecule has 18 heavy (non-hydrogen) atoms. The number of rotatable bonds is 5. The van der Waals surface area contributed by atoms with E-state index in [1.807, 2.05) is 20.8 Å². The third kappa shape index (κ3) is 4.29. The Bertz CT molecular complexity index is 305. The first kappa shape index (κ1) is 15.0. The highest BCUT2D eigenvalue weighted by Gasteiger charge is 2.27. The number of hydrogen-bond donors (Lipinski definition) is 2. The van der Waals surface area contributed by atoms with Gasteiger partial charge in [-0.3, -0.25) is 9.59 Å². The molecular formula is C13H25N3O2. The number of nitrogens with two attached hydrogens (primary N) is 1. The fourth-order valence-electron chi connectivity index (χ4n) is 2.25. The average Bonchev–Trinajstić information content (AvgIpc) is 2.75. The third-order valence-electron chi connectivity index (χ3n) is 3.25. The van der Waals surface area contributed by atoms with Crippen molar-refractivity contribution < 1.29 is 9.59 Å². The molecular weight excluding hydrogens is 230 g/mol. The average molecular weight is 255 g/mol. The van der Waals surface area contributed by atoms with Gasteiger partial charge in [-0.15, -0.1) is 0 Å². The van der Waals surface area contributed by atoms with Crippen molar-refractivity contribution in [1.29, 1.82) is 0 Å². The van der Waals surface area contributed by atoms with Gasteiger partial charge in [0.1, 0.15) is 0 Å². The van der Waals surface area contributed by atoms with Crippen LogP contribution in [0.3, 0.4) is 0 Å². The maximum Gasteiger partial charge on any atom is 0.237 e. The summed E-state index contributed by atoms with van der Waals surface area (Å²) in [6, 6.07) is -0.382. The lowest BCUT2D eigenvalue weighted by Gasteiger charge is -2.19. The zero-order valence-corrected chi connectivity index (χ0v) is 11.6. The van der Waals surface area contributed by atoms with E-state index >= 15 is 0 Å². The highest BCUT2D eigenvalue weighted by Crippen LogP contribution is 2.11. The predicted molar refractivity (Wildman–Crippen MR) is 70.8 cm³/mol. The maximum absolute atomic E-state index is 11.8. The van der Waals surface area contributed by atoms with E-state index in [4.69, 9.17) is 5.73 Å². The van der Waals surface area contributed by atoms with Crippen LogP contribution in [0.4, 0.5) is 0 Å². The van der Waals surface area contributed by atoms with Crippen molar-refractivity contribution in [2.24, 2.45) is 11.7 Å². The summed E-state index contributed by atoms with van der Waals surface area (Å²) in [4.78, 5) is 25.2. The Morgan fingerprint density at radius 2 is 2.11 bits per heavy atom. The van der Waals surface area contributed by atoms with Crippen molar-refractivity contribution in [1.82, 2.24) is 10.2 Å². The van der Waals surface area contributed by atoms with Crippen molar-refractivity contribution >= 4 is 11.8 Å².